The molecule has 2 heterocycles. The van der Waals surface area contributed by atoms with Gasteiger partial charge in [-0.3, -0.25) is 4.79 Å². The lowest BCUT2D eigenvalue weighted by Gasteiger charge is -2.34. The minimum Gasteiger partial charge on any atom is -0.340 e. The second-order valence-corrected chi connectivity index (χ2v) is 8.29. The predicted molar refractivity (Wildman–Crippen MR) is 114 cm³/mol. The molecule has 3 N–H and O–H groups in total. The Balaban J connectivity index is 0.00000280. The highest BCUT2D eigenvalue weighted by molar-refractivity contribution is 5.85. The van der Waals surface area contributed by atoms with Crippen LogP contribution in [0.2, 0.25) is 0 Å². The Hall–Kier alpha value is -1.79. The minimum atomic E-state index is -0.120. The van der Waals surface area contributed by atoms with Crippen LogP contribution in [0.3, 0.4) is 0 Å². The standard InChI is InChI=1S/C21H32N4O2.ClH/c1-15(2)11-23-21(27)24-10-6-9-17(12-24)20(26)25-13-18(19(22)14-25)16-7-4-3-5-8-16;/h3-5,7-8,15,17-19H,6,9-14,22H2,1-2H3,(H,23,27);1H/t17?,18-,19+;/m0./s1. The molecule has 3 rings (SSSR count). The smallest absolute Gasteiger partial charge is 0.317 e. The molecular formula is C21H33ClN4O2. The fourth-order valence-corrected chi connectivity index (χ4v) is 4.09. The minimum absolute atomic E-state index is 0. The number of amides is 3. The Bertz CT molecular complexity index is 655. The van der Waals surface area contributed by atoms with E-state index in [1.807, 2.05) is 23.1 Å². The molecule has 1 unspecified atom stereocenters. The summed E-state index contributed by atoms with van der Waals surface area (Å²) in [5, 5.41) is 2.96. The number of halogens is 1. The zero-order chi connectivity index (χ0) is 19.4. The van der Waals surface area contributed by atoms with Gasteiger partial charge >= 0.3 is 6.03 Å². The van der Waals surface area contributed by atoms with Gasteiger partial charge < -0.3 is 20.9 Å². The first kappa shape index (κ1) is 22.5. The number of carbonyl (C=O) groups is 2. The quantitative estimate of drug-likeness (QED) is 0.803. The second-order valence-electron chi connectivity index (χ2n) is 8.29. The molecule has 0 radical (unpaired) electrons. The zero-order valence-electron chi connectivity index (χ0n) is 16.8. The van der Waals surface area contributed by atoms with Crippen molar-refractivity contribution in [2.45, 2.75) is 38.6 Å². The molecule has 0 aliphatic carbocycles. The Morgan fingerprint density at radius 1 is 1.14 bits per heavy atom. The summed E-state index contributed by atoms with van der Waals surface area (Å²) in [6, 6.07) is 10.1. The molecule has 2 fully saturated rings. The third-order valence-corrected chi connectivity index (χ3v) is 5.62. The highest BCUT2D eigenvalue weighted by Gasteiger charge is 2.38. The third-order valence-electron chi connectivity index (χ3n) is 5.62. The molecule has 3 atom stereocenters. The van der Waals surface area contributed by atoms with Crippen molar-refractivity contribution < 1.29 is 9.59 Å². The number of nitrogens with zero attached hydrogens (tertiary/aromatic N) is 2. The maximum atomic E-state index is 13.1. The molecule has 2 saturated heterocycles. The molecule has 156 valence electrons. The lowest BCUT2D eigenvalue weighted by Crippen LogP contribution is -2.50. The molecule has 3 amide bonds. The summed E-state index contributed by atoms with van der Waals surface area (Å²) in [6.07, 6.45) is 1.71. The van der Waals surface area contributed by atoms with E-state index in [-0.39, 0.29) is 42.2 Å². The third kappa shape index (κ3) is 5.39. The highest BCUT2D eigenvalue weighted by atomic mass is 35.5. The van der Waals surface area contributed by atoms with Crippen LogP contribution >= 0.6 is 12.4 Å². The average molecular weight is 409 g/mol. The molecule has 0 bridgehead atoms. The van der Waals surface area contributed by atoms with Crippen LogP contribution in [-0.4, -0.2) is 60.5 Å². The van der Waals surface area contributed by atoms with Gasteiger partial charge in [0.25, 0.3) is 0 Å². The van der Waals surface area contributed by atoms with E-state index in [0.29, 0.717) is 32.1 Å². The Kier molecular flexibility index (Phi) is 8.13. The van der Waals surface area contributed by atoms with Crippen molar-refractivity contribution in [1.29, 1.82) is 0 Å². The first-order valence-electron chi connectivity index (χ1n) is 10.1. The summed E-state index contributed by atoms with van der Waals surface area (Å²) in [5.41, 5.74) is 7.54. The number of nitrogens with one attached hydrogen (secondary N) is 1. The van der Waals surface area contributed by atoms with Crippen molar-refractivity contribution in [3.8, 4) is 0 Å². The van der Waals surface area contributed by atoms with Crippen LogP contribution in [0.1, 0.15) is 38.2 Å². The van der Waals surface area contributed by atoms with Gasteiger partial charge in [-0.25, -0.2) is 4.79 Å². The van der Waals surface area contributed by atoms with E-state index in [1.165, 1.54) is 5.56 Å². The van der Waals surface area contributed by atoms with Gasteiger partial charge in [0.1, 0.15) is 0 Å². The molecule has 28 heavy (non-hydrogen) atoms. The number of piperidine rings is 1. The number of hydrogen-bond acceptors (Lipinski definition) is 3. The first-order valence-corrected chi connectivity index (χ1v) is 10.1. The number of hydrogen-bond donors (Lipinski definition) is 2. The van der Waals surface area contributed by atoms with E-state index in [1.54, 1.807) is 4.90 Å². The number of urea groups is 1. The Labute approximate surface area is 174 Å². The van der Waals surface area contributed by atoms with E-state index in [9.17, 15) is 9.59 Å². The van der Waals surface area contributed by atoms with Crippen molar-refractivity contribution in [3.05, 3.63) is 35.9 Å². The van der Waals surface area contributed by atoms with Crippen LogP contribution in [0.5, 0.6) is 0 Å². The number of likely N-dealkylation sites (tertiary alicyclic amines) is 2. The van der Waals surface area contributed by atoms with Crippen LogP contribution in [0.25, 0.3) is 0 Å². The number of carbonyl (C=O) groups excluding carboxylic acids is 2. The number of rotatable bonds is 4. The molecule has 2 aliphatic heterocycles. The molecule has 1 aromatic rings. The van der Waals surface area contributed by atoms with Gasteiger partial charge in [0.05, 0.1) is 5.92 Å². The Morgan fingerprint density at radius 2 is 1.86 bits per heavy atom. The summed E-state index contributed by atoms with van der Waals surface area (Å²) < 4.78 is 0. The van der Waals surface area contributed by atoms with E-state index in [4.69, 9.17) is 5.73 Å². The van der Waals surface area contributed by atoms with Crippen LogP contribution in [0.4, 0.5) is 4.79 Å². The fraction of sp³-hybridized carbons (Fsp3) is 0.619. The van der Waals surface area contributed by atoms with Crippen LogP contribution in [0, 0.1) is 11.8 Å². The summed E-state index contributed by atoms with van der Waals surface area (Å²) in [6.45, 7) is 7.29. The molecule has 0 aromatic heterocycles. The van der Waals surface area contributed by atoms with Gasteiger partial charge in [-0.2, -0.15) is 0 Å². The van der Waals surface area contributed by atoms with E-state index >= 15 is 0 Å². The zero-order valence-corrected chi connectivity index (χ0v) is 17.7. The van der Waals surface area contributed by atoms with Crippen LogP contribution < -0.4 is 11.1 Å². The first-order chi connectivity index (χ1) is 13.0. The van der Waals surface area contributed by atoms with E-state index in [0.717, 1.165) is 19.4 Å². The molecule has 2 aliphatic rings. The van der Waals surface area contributed by atoms with Gasteiger partial charge in [-0.1, -0.05) is 44.2 Å². The number of nitrogens with two attached hydrogens (primary N) is 1. The lowest BCUT2D eigenvalue weighted by molar-refractivity contribution is -0.135. The van der Waals surface area contributed by atoms with E-state index < -0.39 is 0 Å². The van der Waals surface area contributed by atoms with E-state index in [2.05, 4.69) is 31.3 Å². The highest BCUT2D eigenvalue weighted by Crippen LogP contribution is 2.29. The molecular weight excluding hydrogens is 376 g/mol. The van der Waals surface area contributed by atoms with Crippen molar-refractivity contribution in [1.82, 2.24) is 15.1 Å². The molecule has 6 nitrogen and oxygen atoms in total. The summed E-state index contributed by atoms with van der Waals surface area (Å²) in [5.74, 6) is 0.622. The average Bonchev–Trinajstić information content (AvgIpc) is 3.08. The van der Waals surface area contributed by atoms with Gasteiger partial charge in [0.15, 0.2) is 0 Å². The van der Waals surface area contributed by atoms with Crippen molar-refractivity contribution in [3.63, 3.8) is 0 Å². The summed E-state index contributed by atoms with van der Waals surface area (Å²) >= 11 is 0. The van der Waals surface area contributed by atoms with Gasteiger partial charge in [0.2, 0.25) is 5.91 Å². The Morgan fingerprint density at radius 3 is 2.54 bits per heavy atom. The van der Waals surface area contributed by atoms with Crippen molar-refractivity contribution >= 4 is 24.3 Å². The predicted octanol–water partition coefficient (Wildman–Crippen LogP) is 2.44. The second kappa shape index (κ2) is 10.1. The summed E-state index contributed by atoms with van der Waals surface area (Å²) in [4.78, 5) is 29.1. The normalized spacial score (nSPS) is 24.8. The number of benzene rings is 1. The van der Waals surface area contributed by atoms with Crippen molar-refractivity contribution in [2.75, 3.05) is 32.7 Å². The van der Waals surface area contributed by atoms with Gasteiger partial charge in [-0.05, 0) is 24.3 Å². The van der Waals surface area contributed by atoms with Gasteiger partial charge in [0, 0.05) is 44.7 Å². The summed E-state index contributed by atoms with van der Waals surface area (Å²) in [7, 11) is 0. The monoisotopic (exact) mass is 408 g/mol. The molecule has 0 saturated carbocycles. The molecule has 0 spiro atoms. The van der Waals surface area contributed by atoms with Crippen LogP contribution in [-0.2, 0) is 4.79 Å². The lowest BCUT2D eigenvalue weighted by atomic mass is 9.95. The van der Waals surface area contributed by atoms with Gasteiger partial charge in [-0.15, -0.1) is 12.4 Å². The molecule has 7 heteroatoms. The SMILES string of the molecule is CC(C)CNC(=O)N1CCCC(C(=O)N2C[C@@H](N)[C@H](c3ccccc3)C2)C1.Cl. The largest absolute Gasteiger partial charge is 0.340 e. The van der Waals surface area contributed by atoms with Crippen LogP contribution in [0.15, 0.2) is 30.3 Å². The van der Waals surface area contributed by atoms with Crippen molar-refractivity contribution in [2.24, 2.45) is 17.6 Å². The maximum absolute atomic E-state index is 13.1. The maximum Gasteiger partial charge on any atom is 0.317 e. The molecule has 1 aromatic carbocycles. The fourth-order valence-electron chi connectivity index (χ4n) is 4.09. The topological polar surface area (TPSA) is 78.7 Å².